The molecule has 0 bridgehead atoms. The van der Waals surface area contributed by atoms with Crippen molar-refractivity contribution in [2.75, 3.05) is 0 Å². The van der Waals surface area contributed by atoms with E-state index in [4.69, 9.17) is 4.42 Å². The molecule has 0 radical (unpaired) electrons. The van der Waals surface area contributed by atoms with Crippen LogP contribution < -0.4 is 0 Å². The molecule has 0 spiro atoms. The van der Waals surface area contributed by atoms with Gasteiger partial charge in [0.05, 0.1) is 0 Å². The van der Waals surface area contributed by atoms with Crippen LogP contribution in [0.1, 0.15) is 0 Å². The topological polar surface area (TPSA) is 28.9 Å². The molecule has 2 nitrogen and oxygen atoms in total. The van der Waals surface area contributed by atoms with Gasteiger partial charge in [-0.1, -0.05) is 60.7 Å². The largest absolute Gasteiger partial charge is 0.456 e. The second-order valence-corrected chi connectivity index (χ2v) is 7.91. The summed E-state index contributed by atoms with van der Waals surface area (Å²) in [6.45, 7) is 0. The van der Waals surface area contributed by atoms with E-state index < -0.39 is 0 Å². The first-order valence-electron chi connectivity index (χ1n) is 10.2. The lowest BCUT2D eigenvalue weighted by Crippen LogP contribution is -1.77. The summed E-state index contributed by atoms with van der Waals surface area (Å²) in [5.41, 5.74) is 6.66. The minimum Gasteiger partial charge on any atom is -0.456 e. The van der Waals surface area contributed by atoms with Gasteiger partial charge in [-0.2, -0.15) is 0 Å². The van der Waals surface area contributed by atoms with Crippen molar-refractivity contribution in [1.29, 1.82) is 0 Å². The molecule has 0 amide bonds. The van der Waals surface area contributed by atoms with Crippen LogP contribution in [0.25, 0.3) is 65.6 Å². The Labute approximate surface area is 172 Å². The van der Waals surface area contributed by atoms with E-state index in [1.807, 2.05) is 12.1 Å². The maximum absolute atomic E-state index is 6.11. The number of furan rings is 1. The molecule has 0 atom stereocenters. The molecule has 0 aliphatic carbocycles. The van der Waals surface area contributed by atoms with Crippen LogP contribution in [0.3, 0.4) is 0 Å². The van der Waals surface area contributed by atoms with Crippen molar-refractivity contribution in [3.05, 3.63) is 97.1 Å². The van der Waals surface area contributed by atoms with Crippen LogP contribution in [0.5, 0.6) is 0 Å². The van der Waals surface area contributed by atoms with Crippen molar-refractivity contribution in [2.45, 2.75) is 0 Å². The molecule has 0 unspecified atom stereocenters. The average molecular weight is 383 g/mol. The Morgan fingerprint density at radius 3 is 2.27 bits per heavy atom. The molecule has 5 aromatic carbocycles. The number of rotatable bonds is 1. The van der Waals surface area contributed by atoms with Crippen molar-refractivity contribution in [3.63, 3.8) is 0 Å². The fraction of sp³-hybridized carbons (Fsp3) is 0. The maximum Gasteiger partial charge on any atom is 0.136 e. The summed E-state index contributed by atoms with van der Waals surface area (Å²) in [7, 11) is 0. The minimum atomic E-state index is 0.936. The zero-order valence-electron chi connectivity index (χ0n) is 16.1. The first kappa shape index (κ1) is 15.8. The standard InChI is InChI=1S/C28H17NO/c1-2-6-17(7-3-1)18-10-12-24-22(14-18)23-16-21-19(15-25(23)29-24)11-13-27-28(21)20-8-4-5-9-26(20)30-27/h1-16,29H. The molecule has 0 saturated carbocycles. The monoisotopic (exact) mass is 383 g/mol. The van der Waals surface area contributed by atoms with Crippen LogP contribution in [-0.4, -0.2) is 4.98 Å². The van der Waals surface area contributed by atoms with Crippen molar-refractivity contribution in [3.8, 4) is 11.1 Å². The Balaban J connectivity index is 1.60. The number of aromatic nitrogens is 1. The summed E-state index contributed by atoms with van der Waals surface area (Å²) in [6.07, 6.45) is 0. The molecule has 0 fully saturated rings. The van der Waals surface area contributed by atoms with Crippen molar-refractivity contribution >= 4 is 54.5 Å². The molecule has 2 aromatic heterocycles. The number of aromatic amines is 1. The highest BCUT2D eigenvalue weighted by Crippen LogP contribution is 2.38. The van der Waals surface area contributed by atoms with Gasteiger partial charge in [0.25, 0.3) is 0 Å². The summed E-state index contributed by atoms with van der Waals surface area (Å²) in [4.78, 5) is 3.60. The lowest BCUT2D eigenvalue weighted by molar-refractivity contribution is 0.669. The van der Waals surface area contributed by atoms with Gasteiger partial charge >= 0.3 is 0 Å². The first-order valence-corrected chi connectivity index (χ1v) is 10.2. The van der Waals surface area contributed by atoms with Crippen LogP contribution in [0.2, 0.25) is 0 Å². The number of hydrogen-bond donors (Lipinski definition) is 1. The minimum absolute atomic E-state index is 0.936. The highest BCUT2D eigenvalue weighted by molar-refractivity contribution is 6.23. The van der Waals surface area contributed by atoms with Gasteiger partial charge in [-0.15, -0.1) is 0 Å². The Morgan fingerprint density at radius 2 is 1.33 bits per heavy atom. The SMILES string of the molecule is c1ccc(-c2ccc3[nH]c4cc5ccc6oc7ccccc7c6c5cc4c3c2)cc1. The van der Waals surface area contributed by atoms with E-state index in [0.29, 0.717) is 0 Å². The molecule has 0 aliphatic heterocycles. The van der Waals surface area contributed by atoms with Crippen LogP contribution >= 0.6 is 0 Å². The van der Waals surface area contributed by atoms with Gasteiger partial charge in [-0.3, -0.25) is 0 Å². The van der Waals surface area contributed by atoms with Crippen LogP contribution in [0.15, 0.2) is 101 Å². The lowest BCUT2D eigenvalue weighted by atomic mass is 9.99. The summed E-state index contributed by atoms with van der Waals surface area (Å²) in [5.74, 6) is 0. The van der Waals surface area contributed by atoms with Crippen molar-refractivity contribution in [1.82, 2.24) is 4.98 Å². The molecule has 30 heavy (non-hydrogen) atoms. The molecule has 7 aromatic rings. The third kappa shape index (κ3) is 2.13. The van der Waals surface area contributed by atoms with Crippen LogP contribution in [-0.2, 0) is 0 Å². The maximum atomic E-state index is 6.11. The normalized spacial score (nSPS) is 12.0. The van der Waals surface area contributed by atoms with Crippen molar-refractivity contribution in [2.24, 2.45) is 0 Å². The number of para-hydroxylation sites is 1. The Bertz CT molecular complexity index is 1740. The van der Waals surface area contributed by atoms with Crippen LogP contribution in [0, 0.1) is 0 Å². The van der Waals surface area contributed by atoms with Crippen LogP contribution in [0.4, 0.5) is 0 Å². The van der Waals surface area contributed by atoms with E-state index in [0.717, 1.165) is 22.2 Å². The number of nitrogens with one attached hydrogen (secondary N) is 1. The molecular weight excluding hydrogens is 366 g/mol. The summed E-state index contributed by atoms with van der Waals surface area (Å²) in [5, 5.41) is 7.30. The third-order valence-electron chi connectivity index (χ3n) is 6.18. The van der Waals surface area contributed by atoms with E-state index >= 15 is 0 Å². The van der Waals surface area contributed by atoms with Gasteiger partial charge in [-0.05, 0) is 58.3 Å². The number of hydrogen-bond acceptors (Lipinski definition) is 1. The molecular formula is C28H17NO. The van der Waals surface area contributed by atoms with Crippen molar-refractivity contribution < 1.29 is 4.42 Å². The van der Waals surface area contributed by atoms with E-state index in [-0.39, 0.29) is 0 Å². The quantitative estimate of drug-likeness (QED) is 0.305. The van der Waals surface area contributed by atoms with Gasteiger partial charge in [-0.25, -0.2) is 0 Å². The molecule has 0 aliphatic rings. The van der Waals surface area contributed by atoms with Gasteiger partial charge in [0, 0.05) is 32.6 Å². The Hall–Kier alpha value is -4.04. The fourth-order valence-corrected chi connectivity index (χ4v) is 4.75. The second-order valence-electron chi connectivity index (χ2n) is 7.91. The zero-order valence-corrected chi connectivity index (χ0v) is 16.1. The number of H-pyrrole nitrogens is 1. The molecule has 7 rings (SSSR count). The lowest BCUT2D eigenvalue weighted by Gasteiger charge is -2.03. The Morgan fingerprint density at radius 1 is 0.500 bits per heavy atom. The van der Waals surface area contributed by atoms with Gasteiger partial charge in [0.2, 0.25) is 0 Å². The molecule has 1 N–H and O–H groups in total. The van der Waals surface area contributed by atoms with Gasteiger partial charge in [0.15, 0.2) is 0 Å². The highest BCUT2D eigenvalue weighted by atomic mass is 16.3. The zero-order chi connectivity index (χ0) is 19.7. The van der Waals surface area contributed by atoms with Gasteiger partial charge < -0.3 is 9.40 Å². The molecule has 2 heteroatoms. The van der Waals surface area contributed by atoms with Gasteiger partial charge in [0.1, 0.15) is 11.2 Å². The van der Waals surface area contributed by atoms with E-state index in [1.54, 1.807) is 0 Å². The predicted octanol–water partition coefficient (Wildman–Crippen LogP) is 8.04. The molecule has 140 valence electrons. The summed E-state index contributed by atoms with van der Waals surface area (Å²) >= 11 is 0. The molecule has 2 heterocycles. The first-order chi connectivity index (χ1) is 14.8. The number of fused-ring (bicyclic) bond motifs is 8. The average Bonchev–Trinajstić information content (AvgIpc) is 3.35. The fourth-order valence-electron chi connectivity index (χ4n) is 4.75. The highest BCUT2D eigenvalue weighted by Gasteiger charge is 2.13. The summed E-state index contributed by atoms with van der Waals surface area (Å²) in [6, 6.07) is 34.3. The predicted molar refractivity (Wildman–Crippen MR) is 126 cm³/mol. The van der Waals surface area contributed by atoms with E-state index in [1.165, 1.54) is 43.4 Å². The summed E-state index contributed by atoms with van der Waals surface area (Å²) < 4.78 is 6.11. The third-order valence-corrected chi connectivity index (χ3v) is 6.18. The van der Waals surface area contributed by atoms with E-state index in [2.05, 4.69) is 89.9 Å². The molecule has 0 saturated heterocycles. The second kappa shape index (κ2) is 5.74. The van der Waals surface area contributed by atoms with E-state index in [9.17, 15) is 0 Å². The smallest absolute Gasteiger partial charge is 0.136 e. The number of benzene rings is 5. The Kier molecular flexibility index (Phi) is 3.03.